The van der Waals surface area contributed by atoms with Crippen LogP contribution in [0.3, 0.4) is 0 Å². The third-order valence-corrected chi connectivity index (χ3v) is 4.28. The second-order valence-corrected chi connectivity index (χ2v) is 6.05. The van der Waals surface area contributed by atoms with Crippen LogP contribution in [0.15, 0.2) is 72.8 Å². The molecule has 4 rings (SSSR count). The van der Waals surface area contributed by atoms with Gasteiger partial charge < -0.3 is 10.1 Å². The quantitative estimate of drug-likeness (QED) is 0.352. The molecule has 0 aliphatic heterocycles. The van der Waals surface area contributed by atoms with Crippen molar-refractivity contribution in [3.05, 3.63) is 82.9 Å². The minimum absolute atomic E-state index is 0. The molecule has 7 nitrogen and oxygen atoms in total. The molecule has 1 N–H and O–H groups in total. The molecule has 0 spiro atoms. The van der Waals surface area contributed by atoms with Crippen molar-refractivity contribution in [2.45, 2.75) is 0 Å². The number of nitro benzene ring substituents is 1. The maximum absolute atomic E-state index is 11.2. The van der Waals surface area contributed by atoms with Crippen molar-refractivity contribution in [1.82, 2.24) is 9.97 Å². The molecule has 4 aromatic rings. The minimum atomic E-state index is -0.446. The second kappa shape index (κ2) is 8.53. The minimum Gasteiger partial charge on any atom is -0.495 e. The Morgan fingerprint density at radius 2 is 1.69 bits per heavy atom. The average Bonchev–Trinajstić information content (AvgIpc) is 2.74. The summed E-state index contributed by atoms with van der Waals surface area (Å²) in [5, 5.41) is 15.2. The van der Waals surface area contributed by atoms with E-state index in [4.69, 9.17) is 4.74 Å². The fraction of sp³-hybridized carbons (Fsp3) is 0.0476. The topological polar surface area (TPSA) is 90.2 Å². The number of hydrogen-bond donors (Lipinski definition) is 1. The molecular weight excluding hydrogens is 392 g/mol. The number of para-hydroxylation sites is 1. The van der Waals surface area contributed by atoms with E-state index in [1.165, 1.54) is 19.2 Å². The normalized spacial score (nSPS) is 10.2. The van der Waals surface area contributed by atoms with Crippen LogP contribution >= 0.6 is 12.4 Å². The van der Waals surface area contributed by atoms with Crippen LogP contribution in [0.25, 0.3) is 22.3 Å². The van der Waals surface area contributed by atoms with Gasteiger partial charge in [0.15, 0.2) is 5.82 Å². The smallest absolute Gasteiger partial charge is 0.271 e. The maximum atomic E-state index is 11.2. The molecule has 0 saturated heterocycles. The van der Waals surface area contributed by atoms with E-state index in [0.29, 0.717) is 23.1 Å². The van der Waals surface area contributed by atoms with E-state index in [9.17, 15) is 10.1 Å². The molecule has 0 saturated carbocycles. The zero-order valence-corrected chi connectivity index (χ0v) is 16.2. The molecule has 0 radical (unpaired) electrons. The monoisotopic (exact) mass is 408 g/mol. The number of anilines is 2. The van der Waals surface area contributed by atoms with Crippen LogP contribution < -0.4 is 10.1 Å². The number of hydrogen-bond acceptors (Lipinski definition) is 6. The summed E-state index contributed by atoms with van der Waals surface area (Å²) in [6, 6.07) is 21.6. The summed E-state index contributed by atoms with van der Waals surface area (Å²) in [4.78, 5) is 20.0. The fourth-order valence-corrected chi connectivity index (χ4v) is 2.92. The maximum Gasteiger partial charge on any atom is 0.271 e. The Morgan fingerprint density at radius 1 is 0.966 bits per heavy atom. The lowest BCUT2D eigenvalue weighted by molar-refractivity contribution is -0.384. The summed E-state index contributed by atoms with van der Waals surface area (Å²) in [5.74, 6) is 1.59. The van der Waals surface area contributed by atoms with Gasteiger partial charge in [-0.3, -0.25) is 10.1 Å². The molecule has 146 valence electrons. The van der Waals surface area contributed by atoms with Crippen LogP contribution in [0.4, 0.5) is 17.2 Å². The molecule has 0 aliphatic rings. The molecule has 0 fully saturated rings. The van der Waals surface area contributed by atoms with Crippen LogP contribution in [-0.2, 0) is 0 Å². The number of non-ortho nitro benzene ring substituents is 1. The molecular formula is C21H17ClN4O3. The standard InChI is InChI=1S/C21H16N4O3.ClH/c1-28-19-12-11-15(25(26)27)13-18(19)23-21-16-9-5-6-10-17(16)22-20(24-21)14-7-3-2-4-8-14;/h2-13H,1H3,(H,22,23,24);1H. The first-order chi connectivity index (χ1) is 13.7. The van der Waals surface area contributed by atoms with Crippen molar-refractivity contribution in [2.24, 2.45) is 0 Å². The predicted molar refractivity (Wildman–Crippen MR) is 115 cm³/mol. The highest BCUT2D eigenvalue weighted by Gasteiger charge is 2.15. The van der Waals surface area contributed by atoms with E-state index < -0.39 is 4.92 Å². The highest BCUT2D eigenvalue weighted by atomic mass is 35.5. The number of methoxy groups -OCH3 is 1. The van der Waals surface area contributed by atoms with Gasteiger partial charge in [-0.2, -0.15) is 0 Å². The molecule has 29 heavy (non-hydrogen) atoms. The number of fused-ring (bicyclic) bond motifs is 1. The summed E-state index contributed by atoms with van der Waals surface area (Å²) in [7, 11) is 1.51. The van der Waals surface area contributed by atoms with Gasteiger partial charge in [0.05, 0.1) is 23.2 Å². The molecule has 0 atom stereocenters. The third kappa shape index (κ3) is 4.09. The summed E-state index contributed by atoms with van der Waals surface area (Å²) < 4.78 is 5.35. The van der Waals surface area contributed by atoms with Gasteiger partial charge >= 0.3 is 0 Å². The number of rotatable bonds is 5. The van der Waals surface area contributed by atoms with Crippen molar-refractivity contribution in [3.63, 3.8) is 0 Å². The number of ether oxygens (including phenoxy) is 1. The van der Waals surface area contributed by atoms with Gasteiger partial charge in [0, 0.05) is 23.1 Å². The van der Waals surface area contributed by atoms with Crippen LogP contribution in [0.5, 0.6) is 5.75 Å². The van der Waals surface area contributed by atoms with E-state index in [-0.39, 0.29) is 18.1 Å². The summed E-state index contributed by atoms with van der Waals surface area (Å²) in [6.07, 6.45) is 0. The Morgan fingerprint density at radius 3 is 2.41 bits per heavy atom. The molecule has 0 aliphatic carbocycles. The first kappa shape index (κ1) is 20.0. The number of nitrogens with zero attached hydrogens (tertiary/aromatic N) is 3. The zero-order valence-electron chi connectivity index (χ0n) is 15.4. The zero-order chi connectivity index (χ0) is 19.5. The summed E-state index contributed by atoms with van der Waals surface area (Å²) >= 11 is 0. The van der Waals surface area contributed by atoms with Gasteiger partial charge in [-0.25, -0.2) is 9.97 Å². The van der Waals surface area contributed by atoms with Crippen molar-refractivity contribution in [1.29, 1.82) is 0 Å². The lowest BCUT2D eigenvalue weighted by Gasteiger charge is -2.13. The molecule has 0 amide bonds. The number of halogens is 1. The van der Waals surface area contributed by atoms with Crippen molar-refractivity contribution in [3.8, 4) is 17.1 Å². The van der Waals surface area contributed by atoms with E-state index >= 15 is 0 Å². The molecule has 1 heterocycles. The van der Waals surface area contributed by atoms with Gasteiger partial charge in [-0.15, -0.1) is 12.4 Å². The highest BCUT2D eigenvalue weighted by Crippen LogP contribution is 2.33. The molecule has 1 aromatic heterocycles. The van der Waals surface area contributed by atoms with Crippen molar-refractivity contribution in [2.75, 3.05) is 12.4 Å². The first-order valence-electron chi connectivity index (χ1n) is 8.57. The summed E-state index contributed by atoms with van der Waals surface area (Å²) in [5.41, 5.74) is 2.06. The molecule has 0 unspecified atom stereocenters. The lowest BCUT2D eigenvalue weighted by Crippen LogP contribution is -2.01. The van der Waals surface area contributed by atoms with Crippen LogP contribution in [0, 0.1) is 10.1 Å². The predicted octanol–water partition coefficient (Wildman–Crippen LogP) is 5.38. The van der Waals surface area contributed by atoms with E-state index in [0.717, 1.165) is 16.5 Å². The SMILES string of the molecule is COc1ccc([N+](=O)[O-])cc1Nc1nc(-c2ccccc2)nc2ccccc12.Cl. The lowest BCUT2D eigenvalue weighted by atomic mass is 10.1. The van der Waals surface area contributed by atoms with Gasteiger partial charge in [-0.05, 0) is 18.2 Å². The number of aromatic nitrogens is 2. The number of nitro groups is 1. The Kier molecular flexibility index (Phi) is 5.90. The van der Waals surface area contributed by atoms with Gasteiger partial charge in [0.1, 0.15) is 11.6 Å². The van der Waals surface area contributed by atoms with E-state index in [1.54, 1.807) is 6.07 Å². The van der Waals surface area contributed by atoms with Gasteiger partial charge in [-0.1, -0.05) is 42.5 Å². The van der Waals surface area contributed by atoms with Crippen LogP contribution in [0.2, 0.25) is 0 Å². The summed E-state index contributed by atoms with van der Waals surface area (Å²) in [6.45, 7) is 0. The first-order valence-corrected chi connectivity index (χ1v) is 8.57. The second-order valence-electron chi connectivity index (χ2n) is 6.05. The van der Waals surface area contributed by atoms with Crippen LogP contribution in [0.1, 0.15) is 0 Å². The highest BCUT2D eigenvalue weighted by molar-refractivity contribution is 5.92. The van der Waals surface area contributed by atoms with Gasteiger partial charge in [0.25, 0.3) is 5.69 Å². The molecule has 0 bridgehead atoms. The number of nitrogens with one attached hydrogen (secondary N) is 1. The Bertz CT molecular complexity index is 1170. The Balaban J connectivity index is 0.00000240. The Hall–Kier alpha value is -3.71. The van der Waals surface area contributed by atoms with Crippen molar-refractivity contribution >= 4 is 40.5 Å². The Labute approximate surface area is 173 Å². The third-order valence-electron chi connectivity index (χ3n) is 4.28. The fourth-order valence-electron chi connectivity index (χ4n) is 2.92. The van der Waals surface area contributed by atoms with E-state index in [1.807, 2.05) is 54.6 Å². The number of benzene rings is 3. The largest absolute Gasteiger partial charge is 0.495 e. The van der Waals surface area contributed by atoms with Crippen molar-refractivity contribution < 1.29 is 9.66 Å². The molecule has 8 heteroatoms. The average molecular weight is 409 g/mol. The van der Waals surface area contributed by atoms with E-state index in [2.05, 4.69) is 15.3 Å². The van der Waals surface area contributed by atoms with Gasteiger partial charge in [0.2, 0.25) is 0 Å². The van der Waals surface area contributed by atoms with Crippen LogP contribution in [-0.4, -0.2) is 22.0 Å². The molecule has 3 aromatic carbocycles.